The van der Waals surface area contributed by atoms with E-state index in [4.69, 9.17) is 18.9 Å². The van der Waals surface area contributed by atoms with E-state index >= 15 is 0 Å². The summed E-state index contributed by atoms with van der Waals surface area (Å²) in [5.41, 5.74) is 1.60. The first-order valence-corrected chi connectivity index (χ1v) is 9.30. The molecule has 8 nitrogen and oxygen atoms in total. The normalized spacial score (nSPS) is 14.3. The van der Waals surface area contributed by atoms with Gasteiger partial charge in [-0.05, 0) is 26.0 Å². The molecule has 0 aliphatic carbocycles. The summed E-state index contributed by atoms with van der Waals surface area (Å²) < 4.78 is 16.5. The quantitative estimate of drug-likeness (QED) is 0.673. The van der Waals surface area contributed by atoms with Crippen molar-refractivity contribution < 1.29 is 18.7 Å². The van der Waals surface area contributed by atoms with Crippen molar-refractivity contribution in [1.29, 1.82) is 0 Å². The van der Waals surface area contributed by atoms with Crippen LogP contribution in [0.2, 0.25) is 0 Å². The Bertz CT molecular complexity index is 981. The highest BCUT2D eigenvalue weighted by molar-refractivity contribution is 6.08. The third-order valence-corrected chi connectivity index (χ3v) is 4.53. The van der Waals surface area contributed by atoms with Crippen molar-refractivity contribution in [3.8, 4) is 0 Å². The van der Waals surface area contributed by atoms with Crippen molar-refractivity contribution in [3.63, 3.8) is 0 Å². The number of nitrogens with zero attached hydrogens (tertiary/aromatic N) is 3. The van der Waals surface area contributed by atoms with Gasteiger partial charge in [0.1, 0.15) is 17.1 Å². The largest absolute Gasteiger partial charge is 0.462 e. The molecule has 146 valence electrons. The molecule has 1 aromatic carbocycles. The molecule has 0 radical (unpaired) electrons. The van der Waals surface area contributed by atoms with Crippen molar-refractivity contribution >= 4 is 34.5 Å². The Balaban J connectivity index is 1.84. The molecular formula is C20H22N4O4. The molecule has 8 heteroatoms. The summed E-state index contributed by atoms with van der Waals surface area (Å²) in [6, 6.07) is 9.66. The van der Waals surface area contributed by atoms with E-state index in [0.717, 1.165) is 5.69 Å². The van der Waals surface area contributed by atoms with E-state index < -0.39 is 5.97 Å². The number of para-hydroxylation sites is 1. The Morgan fingerprint density at radius 3 is 2.68 bits per heavy atom. The Labute approximate surface area is 162 Å². The molecule has 1 aliphatic heterocycles. The number of rotatable bonds is 5. The van der Waals surface area contributed by atoms with Crippen molar-refractivity contribution in [1.82, 2.24) is 9.97 Å². The third-order valence-electron chi connectivity index (χ3n) is 4.53. The van der Waals surface area contributed by atoms with Crippen LogP contribution in [0.4, 0.5) is 17.5 Å². The summed E-state index contributed by atoms with van der Waals surface area (Å²) >= 11 is 0. The molecule has 0 spiro atoms. The minimum atomic E-state index is -0.430. The lowest BCUT2D eigenvalue weighted by Crippen LogP contribution is -2.37. The van der Waals surface area contributed by atoms with Gasteiger partial charge in [0.25, 0.3) is 0 Å². The van der Waals surface area contributed by atoms with Crippen molar-refractivity contribution in [3.05, 3.63) is 41.7 Å². The molecular weight excluding hydrogens is 360 g/mol. The van der Waals surface area contributed by atoms with Crippen LogP contribution in [0.3, 0.4) is 0 Å². The number of aryl methyl sites for hydroxylation is 1. The molecule has 28 heavy (non-hydrogen) atoms. The van der Waals surface area contributed by atoms with Crippen molar-refractivity contribution in [2.75, 3.05) is 43.1 Å². The summed E-state index contributed by atoms with van der Waals surface area (Å²) in [7, 11) is 0. The average molecular weight is 382 g/mol. The molecule has 1 aliphatic rings. The maximum Gasteiger partial charge on any atom is 0.342 e. The van der Waals surface area contributed by atoms with Gasteiger partial charge in [-0.2, -0.15) is 9.97 Å². The minimum absolute atomic E-state index is 0.284. The van der Waals surface area contributed by atoms with Crippen LogP contribution in [-0.4, -0.2) is 48.8 Å². The SMILES string of the molecule is CCOC(=O)c1c(C)oc2nc(Nc3ccccc3)nc(N3CCOCC3)c12. The van der Waals surface area contributed by atoms with Crippen LogP contribution in [0.5, 0.6) is 0 Å². The van der Waals surface area contributed by atoms with E-state index in [1.807, 2.05) is 30.3 Å². The second-order valence-corrected chi connectivity index (χ2v) is 6.40. The van der Waals surface area contributed by atoms with Crippen LogP contribution in [0.1, 0.15) is 23.0 Å². The molecule has 3 aromatic rings. The van der Waals surface area contributed by atoms with Gasteiger partial charge >= 0.3 is 5.97 Å². The number of hydrogen-bond acceptors (Lipinski definition) is 8. The van der Waals surface area contributed by atoms with Crippen molar-refractivity contribution in [2.24, 2.45) is 0 Å². The lowest BCUT2D eigenvalue weighted by atomic mass is 10.1. The van der Waals surface area contributed by atoms with Gasteiger partial charge in [-0.3, -0.25) is 0 Å². The first-order chi connectivity index (χ1) is 13.7. The molecule has 0 unspecified atom stereocenters. The fraction of sp³-hybridized carbons (Fsp3) is 0.350. The summed E-state index contributed by atoms with van der Waals surface area (Å²) in [6.45, 7) is 6.33. The minimum Gasteiger partial charge on any atom is -0.462 e. The Morgan fingerprint density at radius 1 is 1.21 bits per heavy atom. The molecule has 0 bridgehead atoms. The van der Waals surface area contributed by atoms with Gasteiger partial charge in [0.15, 0.2) is 0 Å². The van der Waals surface area contributed by atoms with E-state index in [9.17, 15) is 4.79 Å². The topological polar surface area (TPSA) is 89.7 Å². The highest BCUT2D eigenvalue weighted by atomic mass is 16.5. The molecule has 3 heterocycles. The average Bonchev–Trinajstić information content (AvgIpc) is 3.04. The molecule has 0 atom stereocenters. The van der Waals surface area contributed by atoms with Gasteiger partial charge < -0.3 is 24.1 Å². The van der Waals surface area contributed by atoms with E-state index in [1.165, 1.54) is 0 Å². The number of esters is 1. The number of aromatic nitrogens is 2. The fourth-order valence-corrected chi connectivity index (χ4v) is 3.25. The maximum atomic E-state index is 12.6. The lowest BCUT2D eigenvalue weighted by Gasteiger charge is -2.28. The zero-order valence-corrected chi connectivity index (χ0v) is 15.9. The van der Waals surface area contributed by atoms with Gasteiger partial charge in [-0.15, -0.1) is 0 Å². The van der Waals surface area contributed by atoms with Crippen LogP contribution in [0.15, 0.2) is 34.7 Å². The number of hydrogen-bond donors (Lipinski definition) is 1. The van der Waals surface area contributed by atoms with Crippen LogP contribution >= 0.6 is 0 Å². The number of fused-ring (bicyclic) bond motifs is 1. The molecule has 1 N–H and O–H groups in total. The molecule has 2 aromatic heterocycles. The number of anilines is 3. The highest BCUT2D eigenvalue weighted by Gasteiger charge is 2.28. The highest BCUT2D eigenvalue weighted by Crippen LogP contribution is 2.34. The second-order valence-electron chi connectivity index (χ2n) is 6.40. The Morgan fingerprint density at radius 2 is 1.96 bits per heavy atom. The molecule has 0 saturated carbocycles. The Hall–Kier alpha value is -3.13. The molecule has 1 saturated heterocycles. The lowest BCUT2D eigenvalue weighted by molar-refractivity contribution is 0.0526. The van der Waals surface area contributed by atoms with Gasteiger partial charge in [0, 0.05) is 18.8 Å². The summed E-state index contributed by atoms with van der Waals surface area (Å²) in [5, 5.41) is 3.78. The van der Waals surface area contributed by atoms with E-state index in [1.54, 1.807) is 13.8 Å². The smallest absolute Gasteiger partial charge is 0.342 e. The number of carbonyl (C=O) groups is 1. The van der Waals surface area contributed by atoms with Crippen LogP contribution in [0, 0.1) is 6.92 Å². The second kappa shape index (κ2) is 7.85. The van der Waals surface area contributed by atoms with Crippen LogP contribution in [-0.2, 0) is 9.47 Å². The molecule has 0 amide bonds. The standard InChI is InChI=1S/C20H22N4O4/c1-3-27-19(25)15-13(2)28-18-16(15)17(24-9-11-26-12-10-24)22-20(23-18)21-14-7-5-4-6-8-14/h4-8H,3,9-12H2,1-2H3,(H,21,22,23). The molecule has 4 rings (SSSR count). The summed E-state index contributed by atoms with van der Waals surface area (Å²) in [5.74, 6) is 1.09. The number of nitrogens with one attached hydrogen (secondary N) is 1. The van der Waals surface area contributed by atoms with E-state index in [0.29, 0.717) is 60.5 Å². The first kappa shape index (κ1) is 18.2. The fourth-order valence-electron chi connectivity index (χ4n) is 3.25. The maximum absolute atomic E-state index is 12.6. The predicted molar refractivity (Wildman–Crippen MR) is 105 cm³/mol. The van der Waals surface area contributed by atoms with E-state index in [2.05, 4.69) is 15.2 Å². The van der Waals surface area contributed by atoms with Gasteiger partial charge in [0.2, 0.25) is 11.7 Å². The number of benzene rings is 1. The van der Waals surface area contributed by atoms with Gasteiger partial charge in [-0.1, -0.05) is 18.2 Å². The zero-order chi connectivity index (χ0) is 19.5. The van der Waals surface area contributed by atoms with Crippen LogP contribution in [0.25, 0.3) is 11.1 Å². The monoisotopic (exact) mass is 382 g/mol. The predicted octanol–water partition coefficient (Wildman–Crippen LogP) is 3.29. The van der Waals surface area contributed by atoms with E-state index in [-0.39, 0.29) is 6.61 Å². The number of furan rings is 1. The number of ether oxygens (including phenoxy) is 2. The number of carbonyl (C=O) groups excluding carboxylic acids is 1. The zero-order valence-electron chi connectivity index (χ0n) is 15.9. The Kier molecular flexibility index (Phi) is 5.12. The van der Waals surface area contributed by atoms with Crippen molar-refractivity contribution in [2.45, 2.75) is 13.8 Å². The van der Waals surface area contributed by atoms with Gasteiger partial charge in [0.05, 0.1) is 25.2 Å². The number of morpholine rings is 1. The summed E-state index contributed by atoms with van der Waals surface area (Å²) in [4.78, 5) is 23.9. The third kappa shape index (κ3) is 3.50. The summed E-state index contributed by atoms with van der Waals surface area (Å²) in [6.07, 6.45) is 0. The first-order valence-electron chi connectivity index (χ1n) is 9.30. The van der Waals surface area contributed by atoms with Crippen LogP contribution < -0.4 is 10.2 Å². The van der Waals surface area contributed by atoms with Gasteiger partial charge in [-0.25, -0.2) is 4.79 Å². The molecule has 1 fully saturated rings.